The predicted molar refractivity (Wildman–Crippen MR) is 92.3 cm³/mol. The Morgan fingerprint density at radius 1 is 0.792 bits per heavy atom. The summed E-state index contributed by atoms with van der Waals surface area (Å²) in [7, 11) is 0. The van der Waals surface area contributed by atoms with Gasteiger partial charge in [0.05, 0.1) is 26.4 Å². The molecular weight excluding hydrogens is 304 g/mol. The lowest BCUT2D eigenvalue weighted by molar-refractivity contribution is 0.102. The Morgan fingerprint density at radius 3 is 1.50 bits per heavy atom. The number of nitrogens with two attached hydrogens (primary N) is 2. The van der Waals surface area contributed by atoms with Crippen LogP contribution < -0.4 is 11.5 Å². The van der Waals surface area contributed by atoms with Gasteiger partial charge in [-0.15, -0.1) is 0 Å². The van der Waals surface area contributed by atoms with Crippen LogP contribution in [0.1, 0.15) is 11.1 Å². The van der Waals surface area contributed by atoms with E-state index < -0.39 is 5.66 Å². The Bertz CT molecular complexity index is 558. The van der Waals surface area contributed by atoms with Crippen molar-refractivity contribution in [1.29, 1.82) is 0 Å². The minimum atomic E-state index is -0.914. The van der Waals surface area contributed by atoms with E-state index in [0.29, 0.717) is 12.2 Å². The molecule has 24 heavy (non-hydrogen) atoms. The van der Waals surface area contributed by atoms with Gasteiger partial charge in [-0.3, -0.25) is 0 Å². The third-order valence-corrected chi connectivity index (χ3v) is 3.92. The Labute approximate surface area is 142 Å². The summed E-state index contributed by atoms with van der Waals surface area (Å²) < 4.78 is 15.1. The van der Waals surface area contributed by atoms with Crippen molar-refractivity contribution >= 4 is 0 Å². The van der Waals surface area contributed by atoms with Crippen LogP contribution in [-0.2, 0) is 19.9 Å². The van der Waals surface area contributed by atoms with Gasteiger partial charge in [-0.1, -0.05) is 60.7 Å². The highest BCUT2D eigenvalue weighted by atomic mass is 16.6. The first-order valence-electron chi connectivity index (χ1n) is 8.16. The van der Waals surface area contributed by atoms with Gasteiger partial charge in [0.1, 0.15) is 17.9 Å². The molecule has 2 heterocycles. The van der Waals surface area contributed by atoms with Crippen LogP contribution >= 0.6 is 0 Å². The summed E-state index contributed by atoms with van der Waals surface area (Å²) in [5.74, 6) is 0. The Balaban J connectivity index is 0.000000159. The summed E-state index contributed by atoms with van der Waals surface area (Å²) in [6.07, 6.45) is 0.785. The van der Waals surface area contributed by atoms with Crippen molar-refractivity contribution in [2.24, 2.45) is 11.5 Å². The maximum atomic E-state index is 6.14. The van der Waals surface area contributed by atoms with Crippen molar-refractivity contribution < 1.29 is 14.2 Å². The number of benzene rings is 2. The average molecular weight is 328 g/mol. The molecule has 0 saturated carbocycles. The number of ether oxygens (including phenoxy) is 3. The van der Waals surface area contributed by atoms with Crippen LogP contribution in [0, 0.1) is 0 Å². The molecule has 0 bridgehead atoms. The van der Waals surface area contributed by atoms with E-state index in [1.54, 1.807) is 0 Å². The maximum absolute atomic E-state index is 6.14. The summed E-state index contributed by atoms with van der Waals surface area (Å²) in [4.78, 5) is 0. The molecule has 0 spiro atoms. The highest BCUT2D eigenvalue weighted by Crippen LogP contribution is 2.20. The fourth-order valence-corrected chi connectivity index (χ4v) is 2.25. The van der Waals surface area contributed by atoms with Gasteiger partial charge in [-0.05, 0) is 11.1 Å². The molecule has 2 unspecified atom stereocenters. The van der Waals surface area contributed by atoms with Gasteiger partial charge in [0.15, 0.2) is 0 Å². The van der Waals surface area contributed by atoms with Crippen molar-refractivity contribution in [3.8, 4) is 0 Å². The maximum Gasteiger partial charge on any atom is 0.116 e. The monoisotopic (exact) mass is 328 g/mol. The van der Waals surface area contributed by atoms with E-state index in [2.05, 4.69) is 0 Å². The molecule has 5 heteroatoms. The standard InChI is InChI=1S/C13H14N2.C6H10O3/c14-13(15,11-7-3-1-4-8-11)12-9-5-2-6-10-12;1(5-3-8-5)7-2-6-4-9-6/h1-10H,14-15H2;5-6H,1-4H2. The third kappa shape index (κ3) is 5.12. The van der Waals surface area contributed by atoms with Crippen molar-refractivity contribution in [3.63, 3.8) is 0 Å². The van der Waals surface area contributed by atoms with Crippen molar-refractivity contribution in [2.75, 3.05) is 26.4 Å². The number of rotatable bonds is 6. The molecule has 2 aliphatic heterocycles. The van der Waals surface area contributed by atoms with E-state index in [1.165, 1.54) is 0 Å². The van der Waals surface area contributed by atoms with E-state index in [1.807, 2.05) is 60.7 Å². The van der Waals surface area contributed by atoms with Crippen LogP contribution in [0.2, 0.25) is 0 Å². The van der Waals surface area contributed by atoms with Crippen LogP contribution in [0.3, 0.4) is 0 Å². The number of epoxide rings is 2. The van der Waals surface area contributed by atoms with E-state index >= 15 is 0 Å². The molecule has 4 rings (SSSR count). The second-order valence-electron chi connectivity index (χ2n) is 6.05. The van der Waals surface area contributed by atoms with Gasteiger partial charge in [0, 0.05) is 0 Å². The molecule has 128 valence electrons. The van der Waals surface area contributed by atoms with Gasteiger partial charge in [0.2, 0.25) is 0 Å². The molecule has 0 amide bonds. The quantitative estimate of drug-likeness (QED) is 0.621. The Kier molecular flexibility index (Phi) is 5.60. The lowest BCUT2D eigenvalue weighted by Gasteiger charge is -2.25. The minimum Gasteiger partial charge on any atom is -0.376 e. The zero-order valence-corrected chi connectivity index (χ0v) is 13.6. The fourth-order valence-electron chi connectivity index (χ4n) is 2.25. The van der Waals surface area contributed by atoms with Crippen LogP contribution in [0.5, 0.6) is 0 Å². The largest absolute Gasteiger partial charge is 0.376 e. The topological polar surface area (TPSA) is 86.3 Å². The van der Waals surface area contributed by atoms with Crippen molar-refractivity contribution in [2.45, 2.75) is 17.9 Å². The summed E-state index contributed by atoms with van der Waals surface area (Å²) in [6.45, 7) is 3.26. The molecule has 2 saturated heterocycles. The van der Waals surface area contributed by atoms with E-state index in [4.69, 9.17) is 25.7 Å². The van der Waals surface area contributed by atoms with E-state index in [-0.39, 0.29) is 0 Å². The highest BCUT2D eigenvalue weighted by molar-refractivity contribution is 5.35. The molecule has 0 aliphatic carbocycles. The van der Waals surface area contributed by atoms with Gasteiger partial charge in [0.25, 0.3) is 0 Å². The fraction of sp³-hybridized carbons (Fsp3) is 0.368. The summed E-state index contributed by atoms with van der Waals surface area (Å²) in [5.41, 5.74) is 13.2. The second-order valence-corrected chi connectivity index (χ2v) is 6.05. The zero-order chi connectivity index (χ0) is 16.8. The summed E-state index contributed by atoms with van der Waals surface area (Å²) in [6, 6.07) is 19.4. The van der Waals surface area contributed by atoms with Gasteiger partial charge in [-0.2, -0.15) is 0 Å². The molecule has 4 N–H and O–H groups in total. The van der Waals surface area contributed by atoms with Crippen LogP contribution in [0.25, 0.3) is 0 Å². The van der Waals surface area contributed by atoms with Gasteiger partial charge < -0.3 is 25.7 Å². The Morgan fingerprint density at radius 2 is 1.17 bits per heavy atom. The van der Waals surface area contributed by atoms with Crippen molar-refractivity contribution in [3.05, 3.63) is 71.8 Å². The van der Waals surface area contributed by atoms with E-state index in [9.17, 15) is 0 Å². The van der Waals surface area contributed by atoms with E-state index in [0.717, 1.165) is 37.6 Å². The number of hydrogen-bond donors (Lipinski definition) is 2. The lowest BCUT2D eigenvalue weighted by atomic mass is 9.93. The molecular formula is C19H24N2O3. The predicted octanol–water partition coefficient (Wildman–Crippen LogP) is 1.61. The second kappa shape index (κ2) is 7.88. The molecule has 2 atom stereocenters. The highest BCUT2D eigenvalue weighted by Gasteiger charge is 2.26. The van der Waals surface area contributed by atoms with Gasteiger partial charge in [-0.25, -0.2) is 0 Å². The first kappa shape index (κ1) is 17.1. The molecule has 2 aromatic carbocycles. The molecule has 2 fully saturated rings. The normalized spacial score (nSPS) is 21.6. The van der Waals surface area contributed by atoms with Gasteiger partial charge >= 0.3 is 0 Å². The summed E-state index contributed by atoms with van der Waals surface area (Å²) in [5, 5.41) is 0. The molecule has 0 radical (unpaired) electrons. The molecule has 2 aliphatic rings. The van der Waals surface area contributed by atoms with Crippen LogP contribution in [-0.4, -0.2) is 38.6 Å². The molecule has 5 nitrogen and oxygen atoms in total. The van der Waals surface area contributed by atoms with Crippen molar-refractivity contribution in [1.82, 2.24) is 0 Å². The number of hydrogen-bond acceptors (Lipinski definition) is 5. The molecule has 2 aromatic rings. The Hall–Kier alpha value is -1.76. The zero-order valence-electron chi connectivity index (χ0n) is 13.6. The minimum absolute atomic E-state index is 0.392. The average Bonchev–Trinajstić information content (AvgIpc) is 3.53. The van der Waals surface area contributed by atoms with Crippen LogP contribution in [0.4, 0.5) is 0 Å². The first-order chi connectivity index (χ1) is 11.7. The summed E-state index contributed by atoms with van der Waals surface area (Å²) >= 11 is 0. The lowest BCUT2D eigenvalue weighted by Crippen LogP contribution is -2.46. The third-order valence-electron chi connectivity index (χ3n) is 3.92. The smallest absolute Gasteiger partial charge is 0.116 e. The SMILES string of the molecule is C(OCC1CO1)C1CO1.NC(N)(c1ccccc1)c1ccccc1. The van der Waals surface area contributed by atoms with Crippen LogP contribution in [0.15, 0.2) is 60.7 Å². The first-order valence-corrected chi connectivity index (χ1v) is 8.16. The molecule has 0 aromatic heterocycles.